The van der Waals surface area contributed by atoms with Gasteiger partial charge in [0.25, 0.3) is 0 Å². The zero-order valence-electron chi connectivity index (χ0n) is 13.8. The average molecular weight is 332 g/mol. The summed E-state index contributed by atoms with van der Waals surface area (Å²) < 4.78 is 5.16. The first-order chi connectivity index (χ1) is 11.2. The van der Waals surface area contributed by atoms with E-state index < -0.39 is 0 Å². The molecule has 0 aliphatic heterocycles. The highest BCUT2D eigenvalue weighted by molar-refractivity contribution is 7.13. The van der Waals surface area contributed by atoms with E-state index in [0.717, 1.165) is 41.4 Å². The summed E-state index contributed by atoms with van der Waals surface area (Å²) in [6.45, 7) is 2.94. The Bertz CT molecular complexity index is 608. The van der Waals surface area contributed by atoms with Crippen LogP contribution in [0.1, 0.15) is 38.3 Å². The van der Waals surface area contributed by atoms with Gasteiger partial charge in [-0.15, -0.1) is 11.3 Å². The minimum atomic E-state index is 0.111. The van der Waals surface area contributed by atoms with Gasteiger partial charge in [0.15, 0.2) is 0 Å². The summed E-state index contributed by atoms with van der Waals surface area (Å²) in [5, 5.41) is 5.97. The molecule has 23 heavy (non-hydrogen) atoms. The summed E-state index contributed by atoms with van der Waals surface area (Å²) in [6.07, 6.45) is 4.57. The lowest BCUT2D eigenvalue weighted by molar-refractivity contribution is -0.121. The molecule has 0 aliphatic carbocycles. The van der Waals surface area contributed by atoms with Crippen LogP contribution in [-0.2, 0) is 11.2 Å². The Morgan fingerprint density at radius 1 is 1.26 bits per heavy atom. The van der Waals surface area contributed by atoms with Crippen molar-refractivity contribution in [3.8, 4) is 16.3 Å². The number of benzene rings is 1. The minimum Gasteiger partial charge on any atom is -0.497 e. The Labute approximate surface area is 141 Å². The summed E-state index contributed by atoms with van der Waals surface area (Å²) in [4.78, 5) is 16.4. The molecular formula is C18H24N2O2S. The van der Waals surface area contributed by atoms with Crippen molar-refractivity contribution in [2.24, 2.45) is 0 Å². The second-order valence-corrected chi connectivity index (χ2v) is 6.29. The van der Waals surface area contributed by atoms with Gasteiger partial charge in [-0.2, -0.15) is 0 Å². The number of ether oxygens (including phenoxy) is 1. The van der Waals surface area contributed by atoms with E-state index in [1.807, 2.05) is 29.6 Å². The second-order valence-electron chi connectivity index (χ2n) is 5.43. The molecule has 1 aromatic heterocycles. The minimum absolute atomic E-state index is 0.111. The highest BCUT2D eigenvalue weighted by atomic mass is 32.1. The van der Waals surface area contributed by atoms with E-state index in [2.05, 4.69) is 17.2 Å². The van der Waals surface area contributed by atoms with Crippen LogP contribution in [0.3, 0.4) is 0 Å². The molecule has 0 saturated carbocycles. The highest BCUT2D eigenvalue weighted by Gasteiger charge is 2.07. The van der Waals surface area contributed by atoms with Crippen LogP contribution in [0, 0.1) is 0 Å². The normalized spacial score (nSPS) is 10.5. The van der Waals surface area contributed by atoms with Crippen LogP contribution in [0.15, 0.2) is 29.6 Å². The maximum absolute atomic E-state index is 11.8. The number of carbonyl (C=O) groups excluding carboxylic acids is 1. The van der Waals surface area contributed by atoms with Gasteiger partial charge in [-0.25, -0.2) is 4.98 Å². The fraction of sp³-hybridized carbons (Fsp3) is 0.444. The molecule has 1 amide bonds. The smallest absolute Gasteiger partial charge is 0.220 e. The van der Waals surface area contributed by atoms with Crippen LogP contribution in [0.5, 0.6) is 5.75 Å². The van der Waals surface area contributed by atoms with E-state index in [-0.39, 0.29) is 5.91 Å². The molecule has 0 spiro atoms. The number of rotatable bonds is 9. The second kappa shape index (κ2) is 9.30. The molecule has 124 valence electrons. The number of nitrogens with one attached hydrogen (secondary N) is 1. The van der Waals surface area contributed by atoms with Gasteiger partial charge < -0.3 is 10.1 Å². The van der Waals surface area contributed by atoms with Crippen LogP contribution in [0.25, 0.3) is 10.6 Å². The van der Waals surface area contributed by atoms with Crippen molar-refractivity contribution in [2.75, 3.05) is 13.7 Å². The van der Waals surface area contributed by atoms with E-state index in [1.165, 1.54) is 6.42 Å². The van der Waals surface area contributed by atoms with E-state index in [1.54, 1.807) is 18.4 Å². The summed E-state index contributed by atoms with van der Waals surface area (Å²) in [5.41, 5.74) is 2.05. The van der Waals surface area contributed by atoms with Gasteiger partial charge in [0.05, 0.1) is 12.8 Å². The van der Waals surface area contributed by atoms with E-state index in [0.29, 0.717) is 12.8 Å². The summed E-state index contributed by atoms with van der Waals surface area (Å²) in [6, 6.07) is 7.87. The standard InChI is InChI=1S/C18H24N2O2S/c1-3-4-5-12-19-17(21)11-8-15-13-23-18(20-15)14-6-9-16(22-2)10-7-14/h6-7,9-10,13H,3-5,8,11-12H2,1-2H3,(H,19,21). The first kappa shape index (κ1) is 17.5. The number of thiazole rings is 1. The van der Waals surface area contributed by atoms with Gasteiger partial charge in [-0.05, 0) is 37.1 Å². The van der Waals surface area contributed by atoms with Gasteiger partial charge in [0, 0.05) is 23.9 Å². The Morgan fingerprint density at radius 3 is 2.74 bits per heavy atom. The highest BCUT2D eigenvalue weighted by Crippen LogP contribution is 2.26. The molecule has 2 rings (SSSR count). The third-order valence-corrected chi connectivity index (χ3v) is 4.54. The molecule has 0 aliphatic rings. The average Bonchev–Trinajstić information content (AvgIpc) is 3.06. The maximum Gasteiger partial charge on any atom is 0.220 e. The molecule has 1 N–H and O–H groups in total. The Morgan fingerprint density at radius 2 is 2.04 bits per heavy atom. The number of unbranched alkanes of at least 4 members (excludes halogenated alkanes) is 2. The van der Waals surface area contributed by atoms with Crippen LogP contribution in [-0.4, -0.2) is 24.5 Å². The number of aromatic nitrogens is 1. The lowest BCUT2D eigenvalue weighted by atomic mass is 10.2. The first-order valence-corrected chi connectivity index (χ1v) is 8.96. The van der Waals surface area contributed by atoms with E-state index in [9.17, 15) is 4.79 Å². The zero-order chi connectivity index (χ0) is 16.5. The van der Waals surface area contributed by atoms with Gasteiger partial charge >= 0.3 is 0 Å². The molecule has 0 radical (unpaired) electrons. The Kier molecular flexibility index (Phi) is 7.07. The van der Waals surface area contributed by atoms with Gasteiger partial charge in [0.2, 0.25) is 5.91 Å². The number of hydrogen-bond donors (Lipinski definition) is 1. The number of nitrogens with zero attached hydrogens (tertiary/aromatic N) is 1. The van der Waals surface area contributed by atoms with Gasteiger partial charge in [-0.3, -0.25) is 4.79 Å². The number of aryl methyl sites for hydroxylation is 1. The molecule has 2 aromatic rings. The molecule has 0 fully saturated rings. The van der Waals surface area contributed by atoms with Crippen molar-refractivity contribution in [2.45, 2.75) is 39.0 Å². The van der Waals surface area contributed by atoms with E-state index in [4.69, 9.17) is 4.74 Å². The van der Waals surface area contributed by atoms with Crippen molar-refractivity contribution < 1.29 is 9.53 Å². The number of amides is 1. The Balaban J connectivity index is 1.81. The van der Waals surface area contributed by atoms with Crippen molar-refractivity contribution in [3.63, 3.8) is 0 Å². The largest absolute Gasteiger partial charge is 0.497 e. The lowest BCUT2D eigenvalue weighted by Crippen LogP contribution is -2.24. The summed E-state index contributed by atoms with van der Waals surface area (Å²) >= 11 is 1.61. The third-order valence-electron chi connectivity index (χ3n) is 3.60. The lowest BCUT2D eigenvalue weighted by Gasteiger charge is -2.03. The monoisotopic (exact) mass is 332 g/mol. The van der Waals surface area contributed by atoms with Crippen LogP contribution in [0.4, 0.5) is 0 Å². The fourth-order valence-electron chi connectivity index (χ4n) is 2.22. The predicted molar refractivity (Wildman–Crippen MR) is 95.0 cm³/mol. The van der Waals surface area contributed by atoms with Gasteiger partial charge in [-0.1, -0.05) is 19.8 Å². The van der Waals surface area contributed by atoms with Crippen LogP contribution >= 0.6 is 11.3 Å². The Hall–Kier alpha value is -1.88. The van der Waals surface area contributed by atoms with Crippen molar-refractivity contribution in [1.82, 2.24) is 10.3 Å². The molecule has 1 aromatic carbocycles. The predicted octanol–water partition coefficient (Wildman–Crippen LogP) is 4.06. The molecule has 0 atom stereocenters. The topological polar surface area (TPSA) is 51.2 Å². The van der Waals surface area contributed by atoms with E-state index >= 15 is 0 Å². The molecule has 0 unspecified atom stereocenters. The summed E-state index contributed by atoms with van der Waals surface area (Å²) in [5.74, 6) is 0.949. The van der Waals surface area contributed by atoms with Gasteiger partial charge in [0.1, 0.15) is 10.8 Å². The van der Waals surface area contributed by atoms with Crippen molar-refractivity contribution in [1.29, 1.82) is 0 Å². The van der Waals surface area contributed by atoms with Crippen molar-refractivity contribution >= 4 is 17.2 Å². The first-order valence-electron chi connectivity index (χ1n) is 8.08. The number of hydrogen-bond acceptors (Lipinski definition) is 4. The molecule has 0 bridgehead atoms. The molecule has 0 saturated heterocycles. The van der Waals surface area contributed by atoms with Crippen LogP contribution in [0.2, 0.25) is 0 Å². The SMILES string of the molecule is CCCCCNC(=O)CCc1csc(-c2ccc(OC)cc2)n1. The quantitative estimate of drug-likeness (QED) is 0.705. The van der Waals surface area contributed by atoms with Crippen molar-refractivity contribution in [3.05, 3.63) is 35.3 Å². The van der Waals surface area contributed by atoms with Crippen LogP contribution < -0.4 is 10.1 Å². The summed E-state index contributed by atoms with van der Waals surface area (Å²) in [7, 11) is 1.66. The molecular weight excluding hydrogens is 308 g/mol. The third kappa shape index (κ3) is 5.67. The number of carbonyl (C=O) groups is 1. The molecule has 4 nitrogen and oxygen atoms in total. The molecule has 1 heterocycles. The zero-order valence-corrected chi connectivity index (χ0v) is 14.6. The molecule has 5 heteroatoms. The maximum atomic E-state index is 11.8. The number of methoxy groups -OCH3 is 1. The fourth-order valence-corrected chi connectivity index (χ4v) is 3.08.